The van der Waals surface area contributed by atoms with Crippen LogP contribution in [0.2, 0.25) is 0 Å². The molecule has 0 spiro atoms. The van der Waals surface area contributed by atoms with Gasteiger partial charge in [0.1, 0.15) is 6.10 Å². The Labute approximate surface area is 163 Å². The minimum absolute atomic E-state index is 0.285. The first-order valence-corrected chi connectivity index (χ1v) is 11.5. The molecule has 2 saturated heterocycles. The van der Waals surface area contributed by atoms with Gasteiger partial charge in [-0.05, 0) is 50.9 Å². The summed E-state index contributed by atoms with van der Waals surface area (Å²) in [5, 5.41) is 9.38. The highest BCUT2D eigenvalue weighted by Gasteiger charge is 2.34. The molecule has 0 N–H and O–H groups in total. The van der Waals surface area contributed by atoms with Crippen LogP contribution in [-0.2, 0) is 4.74 Å². The van der Waals surface area contributed by atoms with Crippen LogP contribution in [0.15, 0.2) is 0 Å². The zero-order chi connectivity index (χ0) is 18.5. The first-order valence-electron chi connectivity index (χ1n) is 11.5. The van der Waals surface area contributed by atoms with Crippen LogP contribution in [0.4, 0.5) is 0 Å². The molecule has 0 amide bonds. The van der Waals surface area contributed by atoms with Crippen molar-refractivity contribution in [2.24, 2.45) is 11.8 Å². The molecule has 3 fully saturated rings. The molecule has 1 saturated carbocycles. The van der Waals surface area contributed by atoms with Crippen LogP contribution in [0, 0.1) is 36.2 Å². The van der Waals surface area contributed by atoms with Crippen LogP contribution in [0.25, 0.3) is 0 Å². The highest BCUT2D eigenvalue weighted by atomic mass is 16.5. The van der Waals surface area contributed by atoms with E-state index >= 15 is 0 Å². The third-order valence-corrected chi connectivity index (χ3v) is 6.40. The fourth-order valence-corrected chi connectivity index (χ4v) is 4.70. The van der Waals surface area contributed by atoms with E-state index in [2.05, 4.69) is 13.0 Å². The summed E-state index contributed by atoms with van der Waals surface area (Å²) in [6, 6.07) is 2.55. The van der Waals surface area contributed by atoms with E-state index in [1.165, 1.54) is 102 Å². The minimum atomic E-state index is 0.285. The number of fused-ring (bicyclic) bond motifs is 4. The summed E-state index contributed by atoms with van der Waals surface area (Å²) >= 11 is 0. The Morgan fingerprint density at radius 2 is 1.58 bits per heavy atom. The van der Waals surface area contributed by atoms with E-state index < -0.39 is 0 Å². The zero-order valence-corrected chi connectivity index (χ0v) is 17.0. The average molecular weight is 360 g/mol. The fraction of sp³-hybridized carbons (Fsp3) is 0.875. The third kappa shape index (κ3) is 8.43. The van der Waals surface area contributed by atoms with Crippen molar-refractivity contribution in [1.82, 2.24) is 0 Å². The normalized spacial score (nSPS) is 24.3. The Kier molecular flexibility index (Phi) is 11.4. The van der Waals surface area contributed by atoms with Crippen LogP contribution < -0.4 is 0 Å². The minimum Gasteiger partial charge on any atom is -0.368 e. The summed E-state index contributed by atoms with van der Waals surface area (Å²) in [6.07, 6.45) is 24.6. The molecule has 2 bridgehead atoms. The summed E-state index contributed by atoms with van der Waals surface area (Å²) in [6.45, 7) is 3.89. The van der Waals surface area contributed by atoms with E-state index in [1.807, 2.05) is 0 Å². The lowest BCUT2D eigenvalue weighted by molar-refractivity contribution is -0.00231. The summed E-state index contributed by atoms with van der Waals surface area (Å²) in [7, 11) is 0. The summed E-state index contributed by atoms with van der Waals surface area (Å²) < 4.78 is 6.22. The van der Waals surface area contributed by atoms with E-state index in [-0.39, 0.29) is 5.92 Å². The van der Waals surface area contributed by atoms with Crippen LogP contribution in [-0.4, -0.2) is 6.10 Å². The van der Waals surface area contributed by atoms with E-state index in [1.54, 1.807) is 0 Å². The molecule has 148 valence electrons. The van der Waals surface area contributed by atoms with Crippen molar-refractivity contribution in [2.45, 2.75) is 122 Å². The Bertz CT molecular complexity index is 384. The van der Waals surface area contributed by atoms with Crippen molar-refractivity contribution in [3.8, 4) is 6.07 Å². The molecule has 2 heterocycles. The Morgan fingerprint density at radius 1 is 0.885 bits per heavy atom. The molecule has 3 aliphatic rings. The first kappa shape index (κ1) is 21.7. The van der Waals surface area contributed by atoms with Crippen LogP contribution >= 0.6 is 0 Å². The van der Waals surface area contributed by atoms with Crippen molar-refractivity contribution in [3.63, 3.8) is 0 Å². The zero-order valence-electron chi connectivity index (χ0n) is 17.0. The maximum Gasteiger partial charge on any atom is 0.100 e. The maximum atomic E-state index is 9.38. The van der Waals surface area contributed by atoms with Gasteiger partial charge in [-0.15, -0.1) is 0 Å². The Morgan fingerprint density at radius 3 is 2.31 bits per heavy atom. The lowest BCUT2D eigenvalue weighted by atomic mass is 9.88. The molecule has 2 heteroatoms. The van der Waals surface area contributed by atoms with Crippen molar-refractivity contribution < 1.29 is 4.74 Å². The van der Waals surface area contributed by atoms with Gasteiger partial charge in [0.15, 0.2) is 0 Å². The molecule has 3 atom stereocenters. The lowest BCUT2D eigenvalue weighted by Gasteiger charge is -2.32. The molecule has 2 aliphatic heterocycles. The van der Waals surface area contributed by atoms with Gasteiger partial charge in [-0.2, -0.15) is 5.26 Å². The quantitative estimate of drug-likeness (QED) is 0.300. The molecule has 0 aromatic carbocycles. The molecule has 3 unspecified atom stereocenters. The monoisotopic (exact) mass is 359 g/mol. The van der Waals surface area contributed by atoms with Crippen molar-refractivity contribution in [1.29, 1.82) is 5.26 Å². The van der Waals surface area contributed by atoms with Gasteiger partial charge in [0.05, 0.1) is 12.2 Å². The van der Waals surface area contributed by atoms with Crippen molar-refractivity contribution >= 4 is 0 Å². The molecular weight excluding hydrogens is 318 g/mol. The predicted molar refractivity (Wildman–Crippen MR) is 109 cm³/mol. The molecular formula is C24H41NO. The first-order chi connectivity index (χ1) is 12.8. The van der Waals surface area contributed by atoms with Gasteiger partial charge in [0.25, 0.3) is 0 Å². The SMILES string of the molecule is [CH2]CCCCCCCCC(C#N)CCCCC[C]1OC2CCCC1CC2. The number of unbranched alkanes of at least 4 members (excludes halogenated alkanes) is 8. The highest BCUT2D eigenvalue weighted by Crippen LogP contribution is 2.41. The van der Waals surface area contributed by atoms with Crippen molar-refractivity contribution in [2.75, 3.05) is 0 Å². The number of hydrogen-bond acceptors (Lipinski definition) is 2. The molecule has 2 nitrogen and oxygen atoms in total. The van der Waals surface area contributed by atoms with Gasteiger partial charge < -0.3 is 4.74 Å². The van der Waals surface area contributed by atoms with Crippen LogP contribution in [0.3, 0.4) is 0 Å². The van der Waals surface area contributed by atoms with E-state index in [0.29, 0.717) is 6.10 Å². The maximum absolute atomic E-state index is 9.38. The number of hydrogen-bond donors (Lipinski definition) is 0. The van der Waals surface area contributed by atoms with Gasteiger partial charge in [0.2, 0.25) is 0 Å². The number of nitriles is 1. The average Bonchev–Trinajstić information content (AvgIpc) is 3.01. The smallest absolute Gasteiger partial charge is 0.100 e. The second-order valence-electron chi connectivity index (χ2n) is 8.60. The highest BCUT2D eigenvalue weighted by molar-refractivity contribution is 4.95. The molecule has 3 rings (SSSR count). The van der Waals surface area contributed by atoms with Gasteiger partial charge >= 0.3 is 0 Å². The van der Waals surface area contributed by atoms with Crippen LogP contribution in [0.1, 0.15) is 116 Å². The lowest BCUT2D eigenvalue weighted by Crippen LogP contribution is -2.25. The number of rotatable bonds is 14. The third-order valence-electron chi connectivity index (χ3n) is 6.40. The number of nitrogens with zero attached hydrogens (tertiary/aromatic N) is 1. The van der Waals surface area contributed by atoms with E-state index in [9.17, 15) is 5.26 Å². The van der Waals surface area contributed by atoms with Gasteiger partial charge in [-0.25, -0.2) is 0 Å². The van der Waals surface area contributed by atoms with Gasteiger partial charge in [0, 0.05) is 5.92 Å². The molecule has 0 aromatic heterocycles. The van der Waals surface area contributed by atoms with E-state index in [0.717, 1.165) is 25.2 Å². The van der Waals surface area contributed by atoms with Gasteiger partial charge in [-0.1, -0.05) is 77.6 Å². The van der Waals surface area contributed by atoms with Gasteiger partial charge in [-0.3, -0.25) is 0 Å². The molecule has 2 radical (unpaired) electrons. The van der Waals surface area contributed by atoms with E-state index in [4.69, 9.17) is 4.74 Å². The standard InChI is InChI=1S/C24H41NO/c1-2-3-4-5-6-7-9-13-21(20-25)14-10-8-11-17-24-22-15-12-16-23(26-24)19-18-22/h21-23H,1-19H2. The Balaban J connectivity index is 1.46. The summed E-state index contributed by atoms with van der Waals surface area (Å²) in [5.41, 5.74) is 0. The summed E-state index contributed by atoms with van der Waals surface area (Å²) in [5.74, 6) is 1.04. The largest absolute Gasteiger partial charge is 0.368 e. The topological polar surface area (TPSA) is 33.0 Å². The predicted octanol–water partition coefficient (Wildman–Crippen LogP) is 7.54. The van der Waals surface area contributed by atoms with Crippen molar-refractivity contribution in [3.05, 3.63) is 13.0 Å². The number of ether oxygens (including phenoxy) is 1. The Hall–Kier alpha value is -0.550. The summed E-state index contributed by atoms with van der Waals surface area (Å²) in [4.78, 5) is 0. The molecule has 0 aromatic rings. The second-order valence-corrected chi connectivity index (χ2v) is 8.60. The second kappa shape index (κ2) is 13.6. The molecule has 26 heavy (non-hydrogen) atoms. The fourth-order valence-electron chi connectivity index (χ4n) is 4.70. The van der Waals surface area contributed by atoms with Crippen LogP contribution in [0.5, 0.6) is 0 Å². The molecule has 1 aliphatic carbocycles.